The zero-order valence-electron chi connectivity index (χ0n) is 30.2. The monoisotopic (exact) mass is 1030 g/mol. The first-order valence-corrected chi connectivity index (χ1v) is 23.7. The maximum absolute atomic E-state index is 12.7. The number of anilines is 4. The normalized spacial score (nSPS) is 13.0. The molecule has 25 nitrogen and oxygen atoms in total. The first kappa shape index (κ1) is 49.7. The molecule has 0 aliphatic carbocycles. The molecule has 9 N–H and O–H groups in total. The Morgan fingerprint density at radius 3 is 2.00 bits per heavy atom. The summed E-state index contributed by atoms with van der Waals surface area (Å²) in [4.78, 5) is 9.15. The van der Waals surface area contributed by atoms with E-state index in [1.165, 1.54) is 42.5 Å². The van der Waals surface area contributed by atoms with Gasteiger partial charge >= 0.3 is 27.5 Å². The summed E-state index contributed by atoms with van der Waals surface area (Å²) in [6.45, 7) is -0.885. The van der Waals surface area contributed by atoms with Gasteiger partial charge in [-0.05, 0) is 54.1 Å². The summed E-state index contributed by atoms with van der Waals surface area (Å²) >= 11 is 6.08. The number of phenols is 1. The SMILES string of the molecule is O=S(=O)(O)OCCS(=O)(=O)c1cccc(Nc2nc(Cl)nc(Nc3cc(S(=O)(=O)O)cc(N=NC(=N[N-]c4cc(S(O)(O)O)ccc4S(=O)(=O)O)c4ccccc4)c3O)n2)c1.[Cu+]. The summed E-state index contributed by atoms with van der Waals surface area (Å²) in [5.41, 5.74) is 2.02. The van der Waals surface area contributed by atoms with Crippen molar-refractivity contribution in [3.8, 4) is 5.75 Å². The van der Waals surface area contributed by atoms with Crippen LogP contribution in [-0.4, -0.2) is 99.2 Å². The van der Waals surface area contributed by atoms with Crippen LogP contribution in [0.15, 0.2) is 120 Å². The van der Waals surface area contributed by atoms with E-state index in [1.54, 1.807) is 6.07 Å². The van der Waals surface area contributed by atoms with Crippen LogP contribution in [0, 0.1) is 0 Å². The molecule has 32 heteroatoms. The second kappa shape index (κ2) is 19.6. The molecule has 0 spiro atoms. The minimum absolute atomic E-state index is 0. The van der Waals surface area contributed by atoms with Gasteiger partial charge in [0.1, 0.15) is 16.6 Å². The molecule has 0 unspecified atom stereocenters. The molecule has 0 amide bonds. The summed E-state index contributed by atoms with van der Waals surface area (Å²) < 4.78 is 157. The molecule has 5 rings (SSSR count). The molecule has 0 fully saturated rings. The molecule has 0 saturated heterocycles. The maximum Gasteiger partial charge on any atom is 1.00 e. The van der Waals surface area contributed by atoms with Crippen molar-refractivity contribution in [1.29, 1.82) is 0 Å². The maximum atomic E-state index is 12.7. The molecule has 5 aromatic rings. The molecule has 1 heterocycles. The van der Waals surface area contributed by atoms with E-state index in [-0.39, 0.29) is 39.2 Å². The van der Waals surface area contributed by atoms with Crippen LogP contribution in [0.4, 0.5) is 34.6 Å². The number of hydrogen-bond donors (Lipinski definition) is 9. The third-order valence-electron chi connectivity index (χ3n) is 7.31. The zero-order chi connectivity index (χ0) is 45.0. The molecular formula is C30H27ClCuN9O16S5. The third-order valence-corrected chi connectivity index (χ3v) is 12.2. The molecule has 0 saturated carbocycles. The van der Waals surface area contributed by atoms with Gasteiger partial charge in [-0.3, -0.25) is 13.7 Å². The van der Waals surface area contributed by atoms with Crippen molar-refractivity contribution in [3.05, 3.63) is 101 Å². The quantitative estimate of drug-likeness (QED) is 0.0111. The zero-order valence-corrected chi connectivity index (χ0v) is 35.9. The smallest absolute Gasteiger partial charge is 0.573 e. The van der Waals surface area contributed by atoms with Gasteiger partial charge in [-0.1, -0.05) is 48.2 Å². The first-order chi connectivity index (χ1) is 28.3. The van der Waals surface area contributed by atoms with Crippen LogP contribution in [0.1, 0.15) is 5.56 Å². The van der Waals surface area contributed by atoms with Gasteiger partial charge in [-0.2, -0.15) is 40.2 Å². The molecule has 1 aromatic heterocycles. The van der Waals surface area contributed by atoms with Crippen molar-refractivity contribution in [2.75, 3.05) is 23.0 Å². The molecule has 336 valence electrons. The fourth-order valence-electron chi connectivity index (χ4n) is 4.65. The van der Waals surface area contributed by atoms with Crippen molar-refractivity contribution in [1.82, 2.24) is 15.0 Å². The standard InChI is InChI=1S/C30H27ClN9O16S5.Cu/c31-28-34-29(32-18-7-4-8-19(13-18)57(42,43)12-11-56-61(53,54)55)36-30(35-28)33-23-15-21(59(47,48)49)16-24(26(23)41)38-40-27(17-5-2-1-3-6-17)39-37-22-14-20(58(44,45)46)9-10-25(22)60(50,51)52;/h1-10,13-16H,11-12H2,(H9-,32,33,34,35,36,37,38,39,40,41,44,45,46,47,48,49,50,51,52,53,54,55);/q-1;+1. The van der Waals surface area contributed by atoms with Crippen LogP contribution in [0.5, 0.6) is 5.75 Å². The van der Waals surface area contributed by atoms with E-state index < -0.39 is 118 Å². The minimum Gasteiger partial charge on any atom is -0.573 e. The summed E-state index contributed by atoms with van der Waals surface area (Å²) in [5.74, 6) is -2.95. The van der Waals surface area contributed by atoms with E-state index in [0.29, 0.717) is 18.2 Å². The van der Waals surface area contributed by atoms with E-state index in [9.17, 15) is 61.5 Å². The van der Waals surface area contributed by atoms with Gasteiger partial charge in [0.15, 0.2) is 21.4 Å². The van der Waals surface area contributed by atoms with E-state index in [1.807, 2.05) is 0 Å². The topological polar surface area (TPSA) is 401 Å². The van der Waals surface area contributed by atoms with Crippen LogP contribution in [0.25, 0.3) is 5.43 Å². The van der Waals surface area contributed by atoms with E-state index >= 15 is 0 Å². The number of benzene rings is 4. The van der Waals surface area contributed by atoms with Crippen LogP contribution in [-0.2, 0) is 61.7 Å². The van der Waals surface area contributed by atoms with Gasteiger partial charge in [0, 0.05) is 11.3 Å². The number of phenolic OH excluding ortho intramolecular Hbond substituents is 1. The van der Waals surface area contributed by atoms with Gasteiger partial charge in [-0.25, -0.2) is 12.6 Å². The van der Waals surface area contributed by atoms with Crippen molar-refractivity contribution in [2.45, 2.75) is 19.6 Å². The average molecular weight is 1030 g/mol. The summed E-state index contributed by atoms with van der Waals surface area (Å²) in [5, 5.41) is 27.5. The number of halogens is 1. The van der Waals surface area contributed by atoms with Crippen LogP contribution < -0.4 is 10.6 Å². The average Bonchev–Trinajstić information content (AvgIpc) is 3.14. The number of aromatic nitrogens is 3. The Balaban J connectivity index is 0.00000845. The number of amidine groups is 1. The summed E-state index contributed by atoms with van der Waals surface area (Å²) in [6.07, 6.45) is 0. The number of rotatable bonds is 16. The number of aromatic hydroxyl groups is 1. The fourth-order valence-corrected chi connectivity index (χ4v) is 7.99. The van der Waals surface area contributed by atoms with E-state index in [2.05, 4.69) is 50.5 Å². The molecule has 0 aliphatic heterocycles. The third kappa shape index (κ3) is 13.8. The van der Waals surface area contributed by atoms with Crippen molar-refractivity contribution >= 4 is 103 Å². The van der Waals surface area contributed by atoms with E-state index in [0.717, 1.165) is 18.2 Å². The van der Waals surface area contributed by atoms with Crippen molar-refractivity contribution in [3.63, 3.8) is 0 Å². The molecule has 0 bridgehead atoms. The Morgan fingerprint density at radius 1 is 0.726 bits per heavy atom. The Morgan fingerprint density at radius 2 is 1.39 bits per heavy atom. The van der Waals surface area contributed by atoms with Crippen LogP contribution in [0.2, 0.25) is 5.28 Å². The summed E-state index contributed by atoms with van der Waals surface area (Å²) in [7, 11) is -23.5. The Hall–Kier alpha value is -4.96. The predicted molar refractivity (Wildman–Crippen MR) is 216 cm³/mol. The molecule has 0 aliphatic rings. The largest absolute Gasteiger partial charge is 1.00 e. The Kier molecular flexibility index (Phi) is 15.7. The minimum atomic E-state index is -5.05. The second-order valence-corrected chi connectivity index (χ2v) is 19.5. The fraction of sp³-hybridized carbons (Fsp3) is 0.0667. The predicted octanol–water partition coefficient (Wildman–Crippen LogP) is 5.54. The van der Waals surface area contributed by atoms with Crippen molar-refractivity contribution < 1.29 is 87.3 Å². The molecule has 62 heavy (non-hydrogen) atoms. The first-order valence-electron chi connectivity index (χ1n) is 15.9. The molecular weight excluding hydrogens is 1000 g/mol. The second-order valence-electron chi connectivity index (χ2n) is 11.6. The van der Waals surface area contributed by atoms with Gasteiger partial charge < -0.3 is 39.9 Å². The van der Waals surface area contributed by atoms with Crippen LogP contribution >= 0.6 is 22.5 Å². The number of azo groups is 1. The van der Waals surface area contributed by atoms with Gasteiger partial charge in [0.25, 0.3) is 20.2 Å². The number of nitrogens with one attached hydrogen (secondary N) is 2. The van der Waals surface area contributed by atoms with Crippen LogP contribution in [0.3, 0.4) is 0 Å². The van der Waals surface area contributed by atoms with Gasteiger partial charge in [-0.15, -0.1) is 10.2 Å². The van der Waals surface area contributed by atoms with E-state index in [4.69, 9.17) is 16.2 Å². The Labute approximate surface area is 368 Å². The Bertz CT molecular complexity index is 3000. The molecule has 0 radical (unpaired) electrons. The summed E-state index contributed by atoms with van der Waals surface area (Å²) in [6, 6.07) is 16.1. The number of sulfone groups is 1. The van der Waals surface area contributed by atoms with Gasteiger partial charge in [0.05, 0.1) is 37.6 Å². The number of hydrogen-bond acceptors (Lipinski definition) is 20. The molecule has 0 atom stereocenters. The van der Waals surface area contributed by atoms with Crippen molar-refractivity contribution in [2.24, 2.45) is 15.3 Å². The number of nitrogens with zero attached hydrogens (tertiary/aromatic N) is 7. The van der Waals surface area contributed by atoms with Gasteiger partial charge in [0.2, 0.25) is 17.2 Å². The molecule has 4 aromatic carbocycles.